The summed E-state index contributed by atoms with van der Waals surface area (Å²) in [5.74, 6) is -1.94. The van der Waals surface area contributed by atoms with Crippen molar-refractivity contribution in [2.45, 2.75) is 25.2 Å². The van der Waals surface area contributed by atoms with Crippen LogP contribution in [0.4, 0.5) is 14.5 Å². The van der Waals surface area contributed by atoms with Crippen molar-refractivity contribution in [3.8, 4) is 0 Å². The van der Waals surface area contributed by atoms with Crippen LogP contribution in [0.1, 0.15) is 23.6 Å². The topological polar surface area (TPSA) is 46.2 Å². The van der Waals surface area contributed by atoms with E-state index in [1.54, 1.807) is 6.07 Å². The van der Waals surface area contributed by atoms with Crippen LogP contribution in [-0.4, -0.2) is 8.42 Å². The first-order chi connectivity index (χ1) is 10.8. The second-order valence-electron chi connectivity index (χ2n) is 5.56. The fourth-order valence-electron chi connectivity index (χ4n) is 2.87. The fraction of sp³-hybridized carbons (Fsp3) is 0.176. The van der Waals surface area contributed by atoms with E-state index in [9.17, 15) is 17.2 Å². The second kappa shape index (κ2) is 5.45. The summed E-state index contributed by atoms with van der Waals surface area (Å²) in [4.78, 5) is -0.573. The normalized spacial score (nSPS) is 13.7. The fourth-order valence-corrected chi connectivity index (χ4v) is 4.03. The molecule has 2 aromatic rings. The first-order valence-electron chi connectivity index (χ1n) is 7.07. The van der Waals surface area contributed by atoms with Crippen LogP contribution < -0.4 is 4.72 Å². The van der Waals surface area contributed by atoms with Crippen molar-refractivity contribution < 1.29 is 17.2 Å². The van der Waals surface area contributed by atoms with Crippen molar-refractivity contribution in [2.24, 2.45) is 0 Å². The number of anilines is 1. The van der Waals surface area contributed by atoms with E-state index in [1.165, 1.54) is 0 Å². The summed E-state index contributed by atoms with van der Waals surface area (Å²) in [5, 5.41) is 0. The van der Waals surface area contributed by atoms with E-state index < -0.39 is 26.6 Å². The number of aryl methyl sites for hydroxylation is 1. The Kier molecular flexibility index (Phi) is 3.72. The highest BCUT2D eigenvalue weighted by molar-refractivity contribution is 7.92. The Morgan fingerprint density at radius 2 is 1.83 bits per heavy atom. The maximum Gasteiger partial charge on any atom is 0.264 e. The minimum Gasteiger partial charge on any atom is -0.279 e. The lowest BCUT2D eigenvalue weighted by Crippen LogP contribution is -2.16. The molecule has 23 heavy (non-hydrogen) atoms. The lowest BCUT2D eigenvalue weighted by atomic mass is 9.99. The van der Waals surface area contributed by atoms with Crippen LogP contribution in [0.5, 0.6) is 0 Å². The Labute approximate surface area is 133 Å². The van der Waals surface area contributed by atoms with Crippen LogP contribution in [-0.2, 0) is 16.4 Å². The van der Waals surface area contributed by atoms with Crippen LogP contribution in [0.15, 0.2) is 41.3 Å². The second-order valence-corrected chi connectivity index (χ2v) is 7.21. The number of benzene rings is 2. The minimum absolute atomic E-state index is 0.419. The summed E-state index contributed by atoms with van der Waals surface area (Å²) in [6.45, 7) is 3.93. The number of nitrogens with one attached hydrogen (secondary N) is 1. The average molecular weight is 335 g/mol. The lowest BCUT2D eigenvalue weighted by Gasteiger charge is -2.15. The van der Waals surface area contributed by atoms with Crippen molar-refractivity contribution in [3.63, 3.8) is 0 Å². The molecule has 1 aliphatic carbocycles. The third-order valence-electron chi connectivity index (χ3n) is 3.96. The van der Waals surface area contributed by atoms with Crippen molar-refractivity contribution in [1.82, 2.24) is 0 Å². The molecule has 0 saturated carbocycles. The molecule has 0 amide bonds. The van der Waals surface area contributed by atoms with Gasteiger partial charge in [0.1, 0.15) is 16.5 Å². The molecule has 3 nitrogen and oxygen atoms in total. The summed E-state index contributed by atoms with van der Waals surface area (Å²) in [6, 6.07) is 5.88. The zero-order valence-corrected chi connectivity index (χ0v) is 13.5. The van der Waals surface area contributed by atoms with Gasteiger partial charge in [-0.1, -0.05) is 12.1 Å². The highest BCUT2D eigenvalue weighted by atomic mass is 32.2. The molecule has 2 aromatic carbocycles. The van der Waals surface area contributed by atoms with Gasteiger partial charge < -0.3 is 0 Å². The first kappa shape index (κ1) is 15.7. The molecule has 0 heterocycles. The van der Waals surface area contributed by atoms with Crippen molar-refractivity contribution in [1.29, 1.82) is 0 Å². The summed E-state index contributed by atoms with van der Waals surface area (Å²) in [5.41, 5.74) is 4.45. The van der Waals surface area contributed by atoms with Crippen LogP contribution in [0.25, 0.3) is 5.57 Å². The summed E-state index contributed by atoms with van der Waals surface area (Å²) >= 11 is 0. The number of allylic oxidation sites excluding steroid dienone is 2. The smallest absolute Gasteiger partial charge is 0.264 e. The molecule has 0 unspecified atom stereocenters. The molecule has 1 N–H and O–H groups in total. The number of sulfonamides is 1. The van der Waals surface area contributed by atoms with Gasteiger partial charge in [-0.05, 0) is 60.7 Å². The molecule has 120 valence electrons. The number of halogens is 2. The van der Waals surface area contributed by atoms with Gasteiger partial charge in [-0.15, -0.1) is 0 Å². The van der Waals surface area contributed by atoms with Crippen LogP contribution in [0, 0.1) is 18.6 Å². The highest BCUT2D eigenvalue weighted by Crippen LogP contribution is 2.36. The Morgan fingerprint density at radius 3 is 2.52 bits per heavy atom. The van der Waals surface area contributed by atoms with Gasteiger partial charge in [0.15, 0.2) is 0 Å². The average Bonchev–Trinajstić information content (AvgIpc) is 2.84. The lowest BCUT2D eigenvalue weighted by molar-refractivity contribution is 0.551. The highest BCUT2D eigenvalue weighted by Gasteiger charge is 2.23. The molecule has 0 bridgehead atoms. The molecular formula is C17H15F2NO2S. The van der Waals surface area contributed by atoms with Crippen LogP contribution in [0.2, 0.25) is 0 Å². The molecule has 3 rings (SSSR count). The Morgan fingerprint density at radius 1 is 1.09 bits per heavy atom. The zero-order chi connectivity index (χ0) is 16.8. The van der Waals surface area contributed by atoms with Gasteiger partial charge in [-0.2, -0.15) is 0 Å². The van der Waals surface area contributed by atoms with Gasteiger partial charge in [-0.25, -0.2) is 17.2 Å². The number of rotatable bonds is 3. The molecule has 6 heteroatoms. The van der Waals surface area contributed by atoms with E-state index in [4.69, 9.17) is 0 Å². The van der Waals surface area contributed by atoms with Gasteiger partial charge in [0, 0.05) is 6.07 Å². The summed E-state index contributed by atoms with van der Waals surface area (Å²) < 4.78 is 54.0. The van der Waals surface area contributed by atoms with Crippen LogP contribution >= 0.6 is 0 Å². The SMILES string of the molecule is CC1=CCc2c(NS(=O)(=O)c3ccc(F)cc3F)ccc(C)c21. The van der Waals surface area contributed by atoms with Gasteiger partial charge in [0.05, 0.1) is 5.69 Å². The predicted octanol–water partition coefficient (Wildman–Crippen LogP) is 4.03. The van der Waals surface area contributed by atoms with Crippen LogP contribution in [0.3, 0.4) is 0 Å². The summed E-state index contributed by atoms with van der Waals surface area (Å²) in [6.07, 6.45) is 2.64. The molecule has 0 aromatic heterocycles. The van der Waals surface area contributed by atoms with Crippen molar-refractivity contribution in [2.75, 3.05) is 4.72 Å². The standard InChI is InChI=1S/C17H15F2NO2S/c1-10-3-6-13-15(7-4-11(2)17(10)13)20-23(21,22)16-8-5-12(18)9-14(16)19/h3-5,7-9,20H,6H2,1-2H3. The van der Waals surface area contributed by atoms with Gasteiger partial charge in [0.2, 0.25) is 0 Å². The molecule has 0 aliphatic heterocycles. The zero-order valence-electron chi connectivity index (χ0n) is 12.7. The third kappa shape index (κ3) is 2.74. The predicted molar refractivity (Wildman–Crippen MR) is 85.7 cm³/mol. The third-order valence-corrected chi connectivity index (χ3v) is 5.35. The van der Waals surface area contributed by atoms with E-state index in [-0.39, 0.29) is 0 Å². The molecule has 0 atom stereocenters. The number of hydrogen-bond acceptors (Lipinski definition) is 2. The molecule has 1 aliphatic rings. The monoisotopic (exact) mass is 335 g/mol. The first-order valence-corrected chi connectivity index (χ1v) is 8.55. The van der Waals surface area contributed by atoms with Crippen molar-refractivity contribution in [3.05, 3.63) is 64.7 Å². The Hall–Kier alpha value is -2.21. The Balaban J connectivity index is 2.03. The van der Waals surface area contributed by atoms with Gasteiger partial charge in [0.25, 0.3) is 10.0 Å². The molecular weight excluding hydrogens is 320 g/mol. The largest absolute Gasteiger partial charge is 0.279 e. The molecule has 0 saturated heterocycles. The quantitative estimate of drug-likeness (QED) is 0.920. The summed E-state index contributed by atoms with van der Waals surface area (Å²) in [7, 11) is -4.13. The Bertz CT molecular complexity index is 934. The van der Waals surface area contributed by atoms with E-state index in [1.807, 2.05) is 26.0 Å². The molecule has 0 spiro atoms. The number of hydrogen-bond donors (Lipinski definition) is 1. The maximum absolute atomic E-state index is 13.8. The van der Waals surface area contributed by atoms with Gasteiger partial charge >= 0.3 is 0 Å². The maximum atomic E-state index is 13.8. The van der Waals surface area contributed by atoms with E-state index in [0.717, 1.165) is 34.4 Å². The molecule has 0 fully saturated rings. The van der Waals surface area contributed by atoms with E-state index in [2.05, 4.69) is 4.72 Å². The molecule has 0 radical (unpaired) electrons. The van der Waals surface area contributed by atoms with Gasteiger partial charge in [-0.3, -0.25) is 4.72 Å². The van der Waals surface area contributed by atoms with Crippen molar-refractivity contribution >= 4 is 21.3 Å². The van der Waals surface area contributed by atoms with E-state index >= 15 is 0 Å². The number of fused-ring (bicyclic) bond motifs is 1. The minimum atomic E-state index is -4.13. The van der Waals surface area contributed by atoms with E-state index in [0.29, 0.717) is 18.2 Å².